The van der Waals surface area contributed by atoms with Crippen LogP contribution in [0.5, 0.6) is 0 Å². The third-order valence-corrected chi connectivity index (χ3v) is 2.94. The molecule has 1 atom stereocenters. The molecule has 2 rings (SSSR count). The molecule has 0 spiro atoms. The van der Waals surface area contributed by atoms with E-state index >= 15 is 0 Å². The van der Waals surface area contributed by atoms with Crippen molar-refractivity contribution in [3.05, 3.63) is 30.1 Å². The molecule has 0 radical (unpaired) electrons. The molecule has 0 aromatic carbocycles. The number of rotatable bonds is 3. The Morgan fingerprint density at radius 1 is 1.62 bits per heavy atom. The quantitative estimate of drug-likeness (QED) is 0.754. The average molecular weight is 219 g/mol. The molecule has 4 nitrogen and oxygen atoms in total. The normalized spacial score (nSPS) is 21.9. The highest BCUT2D eigenvalue weighted by molar-refractivity contribution is 5.95. The van der Waals surface area contributed by atoms with Crippen molar-refractivity contribution in [2.75, 3.05) is 26.2 Å². The molecule has 1 saturated heterocycles. The van der Waals surface area contributed by atoms with E-state index in [1.54, 1.807) is 12.3 Å². The van der Waals surface area contributed by atoms with Gasteiger partial charge in [-0.15, -0.1) is 0 Å². The van der Waals surface area contributed by atoms with Crippen molar-refractivity contribution in [2.45, 2.75) is 13.0 Å². The minimum absolute atomic E-state index is 0.106. The summed E-state index contributed by atoms with van der Waals surface area (Å²) >= 11 is 0. The molecule has 0 aliphatic carbocycles. The number of ketones is 1. The second-order valence-corrected chi connectivity index (χ2v) is 4.16. The van der Waals surface area contributed by atoms with Gasteiger partial charge in [-0.25, -0.2) is 0 Å². The Morgan fingerprint density at radius 2 is 2.50 bits per heavy atom. The molecule has 1 aliphatic heterocycles. The maximum absolute atomic E-state index is 11.9. The van der Waals surface area contributed by atoms with Gasteiger partial charge in [0.2, 0.25) is 0 Å². The highest BCUT2D eigenvalue weighted by atomic mass is 16.1. The molecule has 1 N–H and O–H groups in total. The maximum Gasteiger partial charge on any atom is 0.195 e. The van der Waals surface area contributed by atoms with E-state index in [1.165, 1.54) is 0 Å². The van der Waals surface area contributed by atoms with Crippen LogP contribution in [0.2, 0.25) is 0 Å². The molecule has 1 aromatic heterocycles. The first-order valence-corrected chi connectivity index (χ1v) is 5.66. The number of carbonyl (C=O) groups is 1. The number of pyridine rings is 1. The van der Waals surface area contributed by atoms with Crippen molar-refractivity contribution in [2.24, 2.45) is 0 Å². The van der Waals surface area contributed by atoms with Gasteiger partial charge in [-0.1, -0.05) is 6.07 Å². The van der Waals surface area contributed by atoms with E-state index in [0.29, 0.717) is 18.3 Å². The predicted molar refractivity (Wildman–Crippen MR) is 62.5 cm³/mol. The summed E-state index contributed by atoms with van der Waals surface area (Å²) in [6.07, 6.45) is 1.66. The van der Waals surface area contributed by atoms with Crippen molar-refractivity contribution in [1.29, 1.82) is 0 Å². The summed E-state index contributed by atoms with van der Waals surface area (Å²) < 4.78 is 0. The second kappa shape index (κ2) is 5.18. The lowest BCUT2D eigenvalue weighted by Crippen LogP contribution is -2.51. The van der Waals surface area contributed by atoms with Gasteiger partial charge < -0.3 is 5.32 Å². The zero-order valence-corrected chi connectivity index (χ0v) is 9.52. The standard InChI is InChI=1S/C12H17N3O/c1-10-8-13-6-7-15(10)9-12(16)11-4-2-3-5-14-11/h2-5,10,13H,6-9H2,1H3/t10-/m0/s1. The number of Topliss-reactive ketones (excluding diaryl/α,β-unsaturated/α-hetero) is 1. The number of nitrogens with one attached hydrogen (secondary N) is 1. The fourth-order valence-corrected chi connectivity index (χ4v) is 1.91. The van der Waals surface area contributed by atoms with E-state index in [0.717, 1.165) is 19.6 Å². The number of hydrogen-bond donors (Lipinski definition) is 1. The van der Waals surface area contributed by atoms with Crippen LogP contribution < -0.4 is 5.32 Å². The molecule has 1 aromatic rings. The van der Waals surface area contributed by atoms with Crippen molar-refractivity contribution in [3.8, 4) is 0 Å². The monoisotopic (exact) mass is 219 g/mol. The van der Waals surface area contributed by atoms with E-state index in [1.807, 2.05) is 12.1 Å². The van der Waals surface area contributed by atoms with Crippen LogP contribution in [0.1, 0.15) is 17.4 Å². The fourth-order valence-electron chi connectivity index (χ4n) is 1.91. The van der Waals surface area contributed by atoms with Crippen molar-refractivity contribution >= 4 is 5.78 Å². The van der Waals surface area contributed by atoms with Gasteiger partial charge in [0.1, 0.15) is 5.69 Å². The van der Waals surface area contributed by atoms with Crippen LogP contribution >= 0.6 is 0 Å². The number of nitrogens with zero attached hydrogens (tertiary/aromatic N) is 2. The summed E-state index contributed by atoms with van der Waals surface area (Å²) in [5.74, 6) is 0.106. The molecule has 16 heavy (non-hydrogen) atoms. The van der Waals surface area contributed by atoms with Gasteiger partial charge in [0, 0.05) is 31.9 Å². The van der Waals surface area contributed by atoms with E-state index < -0.39 is 0 Å². The van der Waals surface area contributed by atoms with E-state index in [4.69, 9.17) is 0 Å². The van der Waals surface area contributed by atoms with Gasteiger partial charge in [0.25, 0.3) is 0 Å². The van der Waals surface area contributed by atoms with Crippen molar-refractivity contribution in [3.63, 3.8) is 0 Å². The van der Waals surface area contributed by atoms with E-state index in [9.17, 15) is 4.79 Å². The van der Waals surface area contributed by atoms with Gasteiger partial charge in [-0.2, -0.15) is 0 Å². The number of aromatic nitrogens is 1. The molecule has 0 bridgehead atoms. The lowest BCUT2D eigenvalue weighted by Gasteiger charge is -2.33. The summed E-state index contributed by atoms with van der Waals surface area (Å²) in [4.78, 5) is 18.2. The minimum Gasteiger partial charge on any atom is -0.314 e. The number of piperazine rings is 1. The highest BCUT2D eigenvalue weighted by Crippen LogP contribution is 2.04. The zero-order chi connectivity index (χ0) is 11.4. The van der Waals surface area contributed by atoms with Gasteiger partial charge in [0.15, 0.2) is 5.78 Å². The fraction of sp³-hybridized carbons (Fsp3) is 0.500. The van der Waals surface area contributed by atoms with Gasteiger partial charge in [-0.05, 0) is 19.1 Å². The Bertz CT molecular complexity index is 353. The molecule has 1 fully saturated rings. The maximum atomic E-state index is 11.9. The minimum atomic E-state index is 0.106. The molecule has 86 valence electrons. The lowest BCUT2D eigenvalue weighted by atomic mass is 10.1. The Balaban J connectivity index is 1.96. The summed E-state index contributed by atoms with van der Waals surface area (Å²) in [5.41, 5.74) is 0.563. The Labute approximate surface area is 95.7 Å². The van der Waals surface area contributed by atoms with Crippen LogP contribution in [-0.2, 0) is 0 Å². The van der Waals surface area contributed by atoms with Crippen molar-refractivity contribution in [1.82, 2.24) is 15.2 Å². The third kappa shape index (κ3) is 2.65. The molecule has 0 unspecified atom stereocenters. The summed E-state index contributed by atoms with van der Waals surface area (Å²) in [6.45, 7) is 5.45. The Morgan fingerprint density at radius 3 is 3.19 bits per heavy atom. The first-order chi connectivity index (χ1) is 7.77. The van der Waals surface area contributed by atoms with Gasteiger partial charge in [0.05, 0.1) is 6.54 Å². The zero-order valence-electron chi connectivity index (χ0n) is 9.52. The first kappa shape index (κ1) is 11.2. The molecule has 4 heteroatoms. The van der Waals surface area contributed by atoms with E-state index in [2.05, 4.69) is 22.1 Å². The largest absolute Gasteiger partial charge is 0.314 e. The van der Waals surface area contributed by atoms with Crippen LogP contribution in [-0.4, -0.2) is 47.9 Å². The SMILES string of the molecule is C[C@H]1CNCCN1CC(=O)c1ccccn1. The molecule has 0 saturated carbocycles. The predicted octanol–water partition coefficient (Wildman–Crippen LogP) is 0.558. The lowest BCUT2D eigenvalue weighted by molar-refractivity contribution is 0.0870. The molecule has 1 aliphatic rings. The molecular weight excluding hydrogens is 202 g/mol. The van der Waals surface area contributed by atoms with Crippen LogP contribution in [0.4, 0.5) is 0 Å². The summed E-state index contributed by atoms with van der Waals surface area (Å²) in [5, 5.41) is 3.31. The smallest absolute Gasteiger partial charge is 0.195 e. The number of carbonyl (C=O) groups excluding carboxylic acids is 1. The molecule has 2 heterocycles. The Kier molecular flexibility index (Phi) is 3.64. The highest BCUT2D eigenvalue weighted by Gasteiger charge is 2.20. The summed E-state index contributed by atoms with van der Waals surface area (Å²) in [7, 11) is 0. The molecular formula is C12H17N3O. The third-order valence-electron chi connectivity index (χ3n) is 2.94. The second-order valence-electron chi connectivity index (χ2n) is 4.16. The van der Waals surface area contributed by atoms with Crippen LogP contribution in [0, 0.1) is 0 Å². The van der Waals surface area contributed by atoms with Crippen LogP contribution in [0.25, 0.3) is 0 Å². The van der Waals surface area contributed by atoms with E-state index in [-0.39, 0.29) is 5.78 Å². The number of hydrogen-bond acceptors (Lipinski definition) is 4. The van der Waals surface area contributed by atoms with Crippen LogP contribution in [0.3, 0.4) is 0 Å². The van der Waals surface area contributed by atoms with Gasteiger partial charge in [-0.3, -0.25) is 14.7 Å². The van der Waals surface area contributed by atoms with Crippen LogP contribution in [0.15, 0.2) is 24.4 Å². The topological polar surface area (TPSA) is 45.2 Å². The summed E-state index contributed by atoms with van der Waals surface area (Å²) in [6, 6.07) is 5.86. The van der Waals surface area contributed by atoms with Crippen molar-refractivity contribution < 1.29 is 4.79 Å². The average Bonchev–Trinajstić information content (AvgIpc) is 2.33. The van der Waals surface area contributed by atoms with Gasteiger partial charge >= 0.3 is 0 Å². The molecule has 0 amide bonds. The first-order valence-electron chi connectivity index (χ1n) is 5.66. The Hall–Kier alpha value is -1.26.